The molecule has 2 aliphatic rings. The maximum Gasteiger partial charge on any atom is 0.339 e. The molecule has 1 aromatic rings. The Labute approximate surface area is 184 Å². The van der Waals surface area contributed by atoms with E-state index in [4.69, 9.17) is 9.47 Å². The first-order valence-corrected chi connectivity index (χ1v) is 11.1. The maximum atomic E-state index is 13.2. The highest BCUT2D eigenvalue weighted by Gasteiger charge is 2.35. The molecule has 8 heteroatoms. The second-order valence-corrected chi connectivity index (χ2v) is 8.97. The Hall–Kier alpha value is -2.19. The predicted molar refractivity (Wildman–Crippen MR) is 116 cm³/mol. The van der Waals surface area contributed by atoms with Crippen molar-refractivity contribution in [3.05, 3.63) is 22.5 Å². The molecule has 1 N–H and O–H groups in total. The number of nitrogens with zero attached hydrogens (tertiary/aromatic N) is 2. The number of ketones is 1. The maximum absolute atomic E-state index is 13.2. The van der Waals surface area contributed by atoms with Crippen LogP contribution in [0.15, 0.2) is 0 Å². The SMILES string of the molecule is COC(=O)c1c(C)[nH]c(C(=O)C(C)N2CCC(C(=O)N3CC(C)OC(C)C3)CC2)c1C. The van der Waals surface area contributed by atoms with E-state index in [2.05, 4.69) is 9.88 Å². The van der Waals surface area contributed by atoms with Crippen LogP contribution in [0.25, 0.3) is 0 Å². The number of carbonyl (C=O) groups excluding carboxylic acids is 3. The Morgan fingerprint density at radius 3 is 2.23 bits per heavy atom. The first kappa shape index (κ1) is 23.5. The van der Waals surface area contributed by atoms with E-state index in [1.54, 1.807) is 13.8 Å². The van der Waals surface area contributed by atoms with E-state index >= 15 is 0 Å². The number of hydrogen-bond donors (Lipinski definition) is 1. The van der Waals surface area contributed by atoms with Crippen LogP contribution in [0, 0.1) is 19.8 Å². The van der Waals surface area contributed by atoms with Crippen molar-refractivity contribution >= 4 is 17.7 Å². The van der Waals surface area contributed by atoms with E-state index < -0.39 is 5.97 Å². The molecule has 8 nitrogen and oxygen atoms in total. The molecule has 1 amide bonds. The number of carbonyl (C=O) groups is 3. The third-order valence-corrected chi connectivity index (χ3v) is 6.61. The molecule has 0 saturated carbocycles. The fraction of sp³-hybridized carbons (Fsp3) is 0.696. The Bertz CT molecular complexity index is 831. The molecule has 0 spiro atoms. The molecule has 2 aliphatic heterocycles. The Morgan fingerprint density at radius 2 is 1.68 bits per heavy atom. The van der Waals surface area contributed by atoms with Gasteiger partial charge in [-0.3, -0.25) is 14.5 Å². The van der Waals surface area contributed by atoms with Crippen LogP contribution in [0.1, 0.15) is 65.7 Å². The van der Waals surface area contributed by atoms with Crippen LogP contribution in [0.5, 0.6) is 0 Å². The average molecular weight is 434 g/mol. The number of nitrogens with one attached hydrogen (secondary N) is 1. The van der Waals surface area contributed by atoms with Gasteiger partial charge in [0.1, 0.15) is 0 Å². The number of aryl methyl sites for hydroxylation is 1. The van der Waals surface area contributed by atoms with Gasteiger partial charge in [-0.15, -0.1) is 0 Å². The zero-order valence-electron chi connectivity index (χ0n) is 19.5. The molecule has 2 fully saturated rings. The second-order valence-electron chi connectivity index (χ2n) is 8.97. The van der Waals surface area contributed by atoms with Gasteiger partial charge in [0, 0.05) is 24.7 Å². The fourth-order valence-corrected chi connectivity index (χ4v) is 4.93. The number of likely N-dealkylation sites (tertiary alicyclic amines) is 1. The van der Waals surface area contributed by atoms with Gasteiger partial charge in [0.2, 0.25) is 5.91 Å². The Morgan fingerprint density at radius 1 is 1.10 bits per heavy atom. The molecule has 1 aromatic heterocycles. The lowest BCUT2D eigenvalue weighted by Crippen LogP contribution is -2.52. The van der Waals surface area contributed by atoms with Crippen molar-refractivity contribution in [3.8, 4) is 0 Å². The Balaban J connectivity index is 1.61. The first-order valence-electron chi connectivity index (χ1n) is 11.1. The zero-order valence-corrected chi connectivity index (χ0v) is 19.5. The van der Waals surface area contributed by atoms with Crippen LogP contribution in [-0.4, -0.2) is 84.0 Å². The van der Waals surface area contributed by atoms with Gasteiger partial charge in [-0.05, 0) is 66.1 Å². The van der Waals surface area contributed by atoms with Crippen molar-refractivity contribution in [1.29, 1.82) is 0 Å². The summed E-state index contributed by atoms with van der Waals surface area (Å²) in [6.45, 7) is 12.1. The van der Waals surface area contributed by atoms with Gasteiger partial charge >= 0.3 is 5.97 Å². The molecule has 3 unspecified atom stereocenters. The zero-order chi connectivity index (χ0) is 22.9. The molecular weight excluding hydrogens is 398 g/mol. The van der Waals surface area contributed by atoms with E-state index in [1.807, 2.05) is 25.7 Å². The quantitative estimate of drug-likeness (QED) is 0.566. The molecule has 2 saturated heterocycles. The lowest BCUT2D eigenvalue weighted by atomic mass is 9.93. The summed E-state index contributed by atoms with van der Waals surface area (Å²) >= 11 is 0. The number of hydrogen-bond acceptors (Lipinski definition) is 6. The molecule has 3 rings (SSSR count). The summed E-state index contributed by atoms with van der Waals surface area (Å²) in [6.07, 6.45) is 1.61. The Kier molecular flexibility index (Phi) is 7.21. The summed E-state index contributed by atoms with van der Waals surface area (Å²) in [5.41, 5.74) is 2.15. The average Bonchev–Trinajstić information content (AvgIpc) is 3.05. The second kappa shape index (κ2) is 9.53. The lowest BCUT2D eigenvalue weighted by molar-refractivity contribution is -0.149. The molecule has 172 valence electrons. The van der Waals surface area contributed by atoms with Crippen LogP contribution in [-0.2, 0) is 14.3 Å². The third-order valence-electron chi connectivity index (χ3n) is 6.61. The molecule has 0 radical (unpaired) electrons. The summed E-state index contributed by atoms with van der Waals surface area (Å²) in [5.74, 6) is -0.281. The lowest BCUT2D eigenvalue weighted by Gasteiger charge is -2.40. The number of morpholine rings is 1. The van der Waals surface area contributed by atoms with E-state index in [9.17, 15) is 14.4 Å². The summed E-state index contributed by atoms with van der Waals surface area (Å²) in [6, 6.07) is -0.332. The topological polar surface area (TPSA) is 91.9 Å². The number of aromatic amines is 1. The normalized spacial score (nSPS) is 24.1. The van der Waals surface area contributed by atoms with Gasteiger partial charge in [0.15, 0.2) is 5.78 Å². The molecule has 0 bridgehead atoms. The highest BCUT2D eigenvalue weighted by Crippen LogP contribution is 2.26. The van der Waals surface area contributed by atoms with E-state index in [1.165, 1.54) is 7.11 Å². The molecule has 0 aliphatic carbocycles. The van der Waals surface area contributed by atoms with Gasteiger partial charge in [-0.25, -0.2) is 4.79 Å². The van der Waals surface area contributed by atoms with E-state index in [0.29, 0.717) is 48.7 Å². The van der Waals surface area contributed by atoms with Gasteiger partial charge in [0.05, 0.1) is 36.6 Å². The van der Waals surface area contributed by atoms with Gasteiger partial charge in [-0.1, -0.05) is 0 Å². The van der Waals surface area contributed by atoms with Crippen LogP contribution in [0.3, 0.4) is 0 Å². The molecule has 31 heavy (non-hydrogen) atoms. The van der Waals surface area contributed by atoms with Crippen molar-refractivity contribution in [2.75, 3.05) is 33.3 Å². The van der Waals surface area contributed by atoms with Crippen molar-refractivity contribution < 1.29 is 23.9 Å². The molecule has 0 aromatic carbocycles. The number of ether oxygens (including phenoxy) is 2. The summed E-state index contributed by atoms with van der Waals surface area (Å²) < 4.78 is 10.6. The van der Waals surface area contributed by atoms with E-state index in [-0.39, 0.29) is 35.9 Å². The van der Waals surface area contributed by atoms with Crippen molar-refractivity contribution in [2.45, 2.75) is 65.7 Å². The van der Waals surface area contributed by atoms with Crippen molar-refractivity contribution in [2.24, 2.45) is 5.92 Å². The number of methoxy groups -OCH3 is 1. The smallest absolute Gasteiger partial charge is 0.339 e. The first-order chi connectivity index (χ1) is 14.6. The number of rotatable bonds is 5. The standard InChI is InChI=1S/C23H35N3O5/c1-13-11-26(12-14(2)31-13)22(28)18-7-9-25(10-8-18)17(5)21(27)20-15(3)19(16(4)24-20)23(29)30-6/h13-14,17-18,24H,7-12H2,1-6H3. The number of esters is 1. The van der Waals surface area contributed by atoms with Crippen LogP contribution >= 0.6 is 0 Å². The molecular formula is C23H35N3O5. The van der Waals surface area contributed by atoms with Crippen molar-refractivity contribution in [3.63, 3.8) is 0 Å². The van der Waals surface area contributed by atoms with Gasteiger partial charge in [-0.2, -0.15) is 0 Å². The van der Waals surface area contributed by atoms with Crippen LogP contribution < -0.4 is 0 Å². The fourth-order valence-electron chi connectivity index (χ4n) is 4.93. The van der Waals surface area contributed by atoms with Crippen molar-refractivity contribution in [1.82, 2.24) is 14.8 Å². The number of amides is 1. The highest BCUT2D eigenvalue weighted by molar-refractivity contribution is 6.03. The molecule has 3 heterocycles. The predicted octanol–water partition coefficient (Wildman–Crippen LogP) is 2.34. The third kappa shape index (κ3) is 4.85. The monoisotopic (exact) mass is 433 g/mol. The molecule has 3 atom stereocenters. The van der Waals surface area contributed by atoms with Crippen LogP contribution in [0.4, 0.5) is 0 Å². The van der Waals surface area contributed by atoms with Gasteiger partial charge < -0.3 is 19.4 Å². The number of aromatic nitrogens is 1. The summed E-state index contributed by atoms with van der Waals surface area (Å²) in [5, 5.41) is 0. The number of H-pyrrole nitrogens is 1. The highest BCUT2D eigenvalue weighted by atomic mass is 16.5. The minimum atomic E-state index is -0.441. The largest absolute Gasteiger partial charge is 0.465 e. The summed E-state index contributed by atoms with van der Waals surface area (Å²) in [7, 11) is 1.34. The number of piperidine rings is 1. The van der Waals surface area contributed by atoms with Gasteiger partial charge in [0.25, 0.3) is 0 Å². The summed E-state index contributed by atoms with van der Waals surface area (Å²) in [4.78, 5) is 45.3. The number of Topliss-reactive ketones (excluding diaryl/α,β-unsaturated/α-hetero) is 1. The van der Waals surface area contributed by atoms with Crippen LogP contribution in [0.2, 0.25) is 0 Å². The van der Waals surface area contributed by atoms with E-state index in [0.717, 1.165) is 12.8 Å². The minimum Gasteiger partial charge on any atom is -0.465 e. The minimum absolute atomic E-state index is 0.00329.